The van der Waals surface area contributed by atoms with E-state index in [1.807, 2.05) is 6.07 Å². The second-order valence-electron chi connectivity index (χ2n) is 4.13. The van der Waals surface area contributed by atoms with Gasteiger partial charge in [-0.15, -0.1) is 0 Å². The fourth-order valence-corrected chi connectivity index (χ4v) is 1.98. The van der Waals surface area contributed by atoms with Gasteiger partial charge in [-0.2, -0.15) is 4.57 Å². The zero-order chi connectivity index (χ0) is 10.8. The smallest absolute Gasteiger partial charge is 0.236 e. The van der Waals surface area contributed by atoms with E-state index in [0.717, 1.165) is 0 Å². The van der Waals surface area contributed by atoms with Crippen LogP contribution in [-0.2, 0) is 7.05 Å². The van der Waals surface area contributed by atoms with E-state index in [-0.39, 0.29) is 0 Å². The van der Waals surface area contributed by atoms with E-state index in [1.54, 1.807) is 0 Å². The second-order valence-corrected chi connectivity index (χ2v) is 4.13. The van der Waals surface area contributed by atoms with Crippen LogP contribution in [0.1, 0.15) is 25.6 Å². The van der Waals surface area contributed by atoms with Crippen LogP contribution < -0.4 is 4.57 Å². The average Bonchev–Trinajstić information content (AvgIpc) is 2.61. The van der Waals surface area contributed by atoms with Crippen molar-refractivity contribution in [2.75, 3.05) is 0 Å². The van der Waals surface area contributed by atoms with E-state index in [4.69, 9.17) is 0 Å². The molecule has 0 aliphatic rings. The molecule has 2 heteroatoms. The van der Waals surface area contributed by atoms with Crippen LogP contribution in [0.5, 0.6) is 0 Å². The van der Waals surface area contributed by atoms with Gasteiger partial charge >= 0.3 is 0 Å². The first kappa shape index (κ1) is 9.97. The summed E-state index contributed by atoms with van der Waals surface area (Å²) in [7, 11) is 2.09. The molecule has 2 nitrogen and oxygen atoms in total. The lowest BCUT2D eigenvalue weighted by Crippen LogP contribution is -2.32. The van der Waals surface area contributed by atoms with Crippen LogP contribution in [-0.4, -0.2) is 4.57 Å². The van der Waals surface area contributed by atoms with Gasteiger partial charge in [0.25, 0.3) is 5.82 Å². The summed E-state index contributed by atoms with van der Waals surface area (Å²) >= 11 is 0. The summed E-state index contributed by atoms with van der Waals surface area (Å²) in [5.74, 6) is 1.84. The molecule has 0 radical (unpaired) electrons. The Morgan fingerprint density at radius 1 is 1.13 bits per heavy atom. The molecule has 0 saturated carbocycles. The molecule has 1 heterocycles. The third-order valence-electron chi connectivity index (χ3n) is 2.60. The minimum absolute atomic E-state index is 0.519. The molecule has 0 saturated heterocycles. The highest BCUT2D eigenvalue weighted by atomic mass is 15.1. The summed E-state index contributed by atoms with van der Waals surface area (Å²) in [6.07, 6.45) is 4.22. The molecule has 0 unspecified atom stereocenters. The van der Waals surface area contributed by atoms with Crippen molar-refractivity contribution in [3.8, 4) is 5.69 Å². The van der Waals surface area contributed by atoms with Crippen molar-refractivity contribution < 1.29 is 4.57 Å². The molecular weight excluding hydrogens is 184 g/mol. The highest BCUT2D eigenvalue weighted by molar-refractivity contribution is 5.32. The minimum Gasteiger partial charge on any atom is -0.236 e. The largest absolute Gasteiger partial charge is 0.263 e. The van der Waals surface area contributed by atoms with Crippen LogP contribution in [0.3, 0.4) is 0 Å². The van der Waals surface area contributed by atoms with Crippen molar-refractivity contribution in [3.05, 3.63) is 48.5 Å². The fraction of sp³-hybridized carbons (Fsp3) is 0.308. The first-order chi connectivity index (χ1) is 7.20. The van der Waals surface area contributed by atoms with E-state index in [9.17, 15) is 0 Å². The van der Waals surface area contributed by atoms with Gasteiger partial charge in [-0.05, 0) is 12.1 Å². The Balaban J connectivity index is 2.54. The van der Waals surface area contributed by atoms with E-state index < -0.39 is 0 Å². The maximum Gasteiger partial charge on any atom is 0.263 e. The Morgan fingerprint density at radius 3 is 2.40 bits per heavy atom. The standard InChI is InChI=1S/C13H17N2/c1-11(2)13-14(3)9-10-15(13)12-7-5-4-6-8-12/h4-11H,1-3H3/q+1. The van der Waals surface area contributed by atoms with Crippen LogP contribution in [0.15, 0.2) is 42.7 Å². The van der Waals surface area contributed by atoms with Gasteiger partial charge in [0.15, 0.2) is 0 Å². The number of hydrogen-bond acceptors (Lipinski definition) is 0. The Hall–Kier alpha value is -1.57. The number of imidazole rings is 1. The number of para-hydroxylation sites is 1. The predicted octanol–water partition coefficient (Wildman–Crippen LogP) is 2.43. The number of rotatable bonds is 2. The molecule has 0 atom stereocenters. The summed E-state index contributed by atoms with van der Waals surface area (Å²) in [6, 6.07) is 10.4. The van der Waals surface area contributed by atoms with Gasteiger partial charge in [0.05, 0.1) is 13.0 Å². The fourth-order valence-electron chi connectivity index (χ4n) is 1.98. The molecule has 0 N–H and O–H groups in total. The Morgan fingerprint density at radius 2 is 1.80 bits per heavy atom. The second kappa shape index (κ2) is 3.89. The molecule has 0 spiro atoms. The SMILES string of the molecule is CC(C)c1n(-c2ccccc2)cc[n+]1C. The van der Waals surface area contributed by atoms with E-state index in [0.29, 0.717) is 5.92 Å². The van der Waals surface area contributed by atoms with Gasteiger partial charge in [-0.25, -0.2) is 4.57 Å². The third kappa shape index (κ3) is 1.80. The first-order valence-electron chi connectivity index (χ1n) is 5.32. The van der Waals surface area contributed by atoms with Gasteiger partial charge < -0.3 is 0 Å². The Kier molecular flexibility index (Phi) is 2.58. The lowest BCUT2D eigenvalue weighted by Gasteiger charge is -2.04. The summed E-state index contributed by atoms with van der Waals surface area (Å²) in [5.41, 5.74) is 1.22. The van der Waals surface area contributed by atoms with Crippen molar-refractivity contribution in [2.24, 2.45) is 7.05 Å². The predicted molar refractivity (Wildman–Crippen MR) is 61.0 cm³/mol. The van der Waals surface area contributed by atoms with E-state index in [1.165, 1.54) is 11.5 Å². The van der Waals surface area contributed by atoms with Crippen molar-refractivity contribution >= 4 is 0 Å². The molecule has 0 aliphatic heterocycles. The highest BCUT2D eigenvalue weighted by Crippen LogP contribution is 2.15. The molecule has 15 heavy (non-hydrogen) atoms. The molecule has 0 amide bonds. The lowest BCUT2D eigenvalue weighted by atomic mass is 10.2. The minimum atomic E-state index is 0.519. The number of hydrogen-bond donors (Lipinski definition) is 0. The van der Waals surface area contributed by atoms with Gasteiger partial charge in [0.1, 0.15) is 18.1 Å². The third-order valence-corrected chi connectivity index (χ3v) is 2.60. The van der Waals surface area contributed by atoms with Crippen LogP contribution in [0.25, 0.3) is 5.69 Å². The molecule has 1 aromatic carbocycles. The summed E-state index contributed by atoms with van der Waals surface area (Å²) in [6.45, 7) is 4.43. The molecule has 78 valence electrons. The van der Waals surface area contributed by atoms with Crippen LogP contribution in [0.2, 0.25) is 0 Å². The summed E-state index contributed by atoms with van der Waals surface area (Å²) in [5, 5.41) is 0. The van der Waals surface area contributed by atoms with Crippen LogP contribution in [0, 0.1) is 0 Å². The zero-order valence-corrected chi connectivity index (χ0v) is 9.51. The molecular formula is C13H17N2+. The number of aryl methyl sites for hydroxylation is 1. The Labute approximate surface area is 90.8 Å². The maximum atomic E-state index is 2.24. The number of nitrogens with zero attached hydrogens (tertiary/aromatic N) is 2. The van der Waals surface area contributed by atoms with Crippen LogP contribution >= 0.6 is 0 Å². The molecule has 0 aliphatic carbocycles. The van der Waals surface area contributed by atoms with Crippen molar-refractivity contribution in [2.45, 2.75) is 19.8 Å². The maximum absolute atomic E-state index is 2.24. The molecule has 0 fully saturated rings. The summed E-state index contributed by atoms with van der Waals surface area (Å²) < 4.78 is 4.42. The molecule has 2 rings (SSSR count). The number of benzene rings is 1. The highest BCUT2D eigenvalue weighted by Gasteiger charge is 2.19. The van der Waals surface area contributed by atoms with Crippen molar-refractivity contribution in [1.82, 2.24) is 4.57 Å². The normalized spacial score (nSPS) is 10.9. The quantitative estimate of drug-likeness (QED) is 0.660. The van der Waals surface area contributed by atoms with Crippen molar-refractivity contribution in [3.63, 3.8) is 0 Å². The van der Waals surface area contributed by atoms with E-state index in [2.05, 4.69) is 66.7 Å². The Bertz CT molecular complexity index is 441. The van der Waals surface area contributed by atoms with Gasteiger partial charge in [-0.1, -0.05) is 32.0 Å². The number of aromatic nitrogens is 2. The molecule has 1 aromatic heterocycles. The van der Waals surface area contributed by atoms with E-state index >= 15 is 0 Å². The first-order valence-corrected chi connectivity index (χ1v) is 5.32. The molecule has 0 bridgehead atoms. The molecule has 2 aromatic rings. The summed E-state index contributed by atoms with van der Waals surface area (Å²) in [4.78, 5) is 0. The van der Waals surface area contributed by atoms with Gasteiger partial charge in [-0.3, -0.25) is 0 Å². The average molecular weight is 201 g/mol. The van der Waals surface area contributed by atoms with Crippen LogP contribution in [0.4, 0.5) is 0 Å². The zero-order valence-electron chi connectivity index (χ0n) is 9.51. The van der Waals surface area contributed by atoms with Crippen molar-refractivity contribution in [1.29, 1.82) is 0 Å². The van der Waals surface area contributed by atoms with Gasteiger partial charge in [0, 0.05) is 0 Å². The lowest BCUT2D eigenvalue weighted by molar-refractivity contribution is -0.679. The monoisotopic (exact) mass is 201 g/mol. The topological polar surface area (TPSA) is 8.81 Å². The van der Waals surface area contributed by atoms with Gasteiger partial charge in [0.2, 0.25) is 0 Å².